The molecule has 0 spiro atoms. The molecule has 2 rings (SSSR count). The first-order chi connectivity index (χ1) is 8.10. The van der Waals surface area contributed by atoms with Crippen molar-refractivity contribution in [2.45, 2.75) is 24.0 Å². The van der Waals surface area contributed by atoms with Crippen molar-refractivity contribution in [2.75, 3.05) is 20.4 Å². The van der Waals surface area contributed by atoms with Gasteiger partial charge in [-0.3, -0.25) is 4.79 Å². The molecule has 1 saturated carbocycles. The number of pyridine rings is 1. The summed E-state index contributed by atoms with van der Waals surface area (Å²) in [5.74, 6) is 0.651. The average Bonchev–Trinajstić information content (AvgIpc) is 3.11. The highest BCUT2D eigenvalue weighted by atomic mass is 32.2. The Balaban J connectivity index is 2.26. The number of hydrogen-bond acceptors (Lipinski definition) is 4. The number of carbonyl (C=O) groups excluding carboxylic acids is 1. The molecule has 92 valence electrons. The summed E-state index contributed by atoms with van der Waals surface area (Å²) in [6.45, 7) is 0. The lowest BCUT2D eigenvalue weighted by atomic mass is 10.3. The fourth-order valence-electron chi connectivity index (χ4n) is 1.37. The van der Waals surface area contributed by atoms with Crippen molar-refractivity contribution in [1.29, 1.82) is 0 Å². The molecule has 1 aromatic heterocycles. The molecule has 4 nitrogen and oxygen atoms in total. The van der Waals surface area contributed by atoms with Crippen LogP contribution in [0.2, 0.25) is 0 Å². The molecule has 1 heterocycles. The van der Waals surface area contributed by atoms with Crippen LogP contribution in [0.25, 0.3) is 0 Å². The van der Waals surface area contributed by atoms with E-state index >= 15 is 0 Å². The summed E-state index contributed by atoms with van der Waals surface area (Å²) in [5.41, 5.74) is 0.442. The van der Waals surface area contributed by atoms with E-state index in [9.17, 15) is 4.79 Å². The third-order valence-electron chi connectivity index (χ3n) is 2.44. The molecule has 5 heteroatoms. The van der Waals surface area contributed by atoms with Gasteiger partial charge in [0.2, 0.25) is 0 Å². The fourth-order valence-corrected chi connectivity index (χ4v) is 1.79. The van der Waals surface area contributed by atoms with Gasteiger partial charge in [-0.1, -0.05) is 0 Å². The van der Waals surface area contributed by atoms with Gasteiger partial charge in [0.15, 0.2) is 0 Å². The van der Waals surface area contributed by atoms with E-state index in [1.54, 1.807) is 20.2 Å². The van der Waals surface area contributed by atoms with Crippen molar-refractivity contribution < 1.29 is 9.53 Å². The number of amides is 1. The van der Waals surface area contributed by atoms with Gasteiger partial charge < -0.3 is 9.64 Å². The van der Waals surface area contributed by atoms with Crippen LogP contribution in [0.15, 0.2) is 17.2 Å². The first-order valence-corrected chi connectivity index (χ1v) is 6.77. The van der Waals surface area contributed by atoms with E-state index in [0.29, 0.717) is 11.8 Å². The van der Waals surface area contributed by atoms with Crippen LogP contribution >= 0.6 is 11.8 Å². The highest BCUT2D eigenvalue weighted by Crippen LogP contribution is 2.29. The Morgan fingerprint density at radius 1 is 1.47 bits per heavy atom. The molecule has 0 aromatic carbocycles. The Bertz CT molecular complexity index is 431. The van der Waals surface area contributed by atoms with Crippen molar-refractivity contribution >= 4 is 17.7 Å². The molecule has 1 aliphatic carbocycles. The average molecular weight is 252 g/mol. The number of thioether (sulfide) groups is 1. The van der Waals surface area contributed by atoms with Gasteiger partial charge in [0, 0.05) is 26.2 Å². The maximum Gasteiger partial charge on any atom is 0.272 e. The lowest BCUT2D eigenvalue weighted by Gasteiger charge is -2.12. The topological polar surface area (TPSA) is 42.4 Å². The predicted octanol–water partition coefficient (Wildman–Crippen LogP) is 2.05. The molecule has 1 aliphatic rings. The molecule has 1 amide bonds. The van der Waals surface area contributed by atoms with Crippen molar-refractivity contribution in [2.24, 2.45) is 0 Å². The van der Waals surface area contributed by atoms with E-state index in [-0.39, 0.29) is 5.91 Å². The zero-order valence-electron chi connectivity index (χ0n) is 10.3. The summed E-state index contributed by atoms with van der Waals surface area (Å²) in [4.78, 5) is 17.7. The van der Waals surface area contributed by atoms with E-state index in [0.717, 1.165) is 23.6 Å². The molecule has 0 unspecified atom stereocenters. The Morgan fingerprint density at radius 2 is 2.18 bits per heavy atom. The summed E-state index contributed by atoms with van der Waals surface area (Å²) in [5, 5.41) is 0.813. The smallest absolute Gasteiger partial charge is 0.272 e. The number of ether oxygens (including phenoxy) is 1. The van der Waals surface area contributed by atoms with Crippen LogP contribution in [-0.2, 0) is 0 Å². The van der Waals surface area contributed by atoms with Gasteiger partial charge in [0.05, 0.1) is 6.10 Å². The first kappa shape index (κ1) is 12.2. The number of carbonyl (C=O) groups is 1. The van der Waals surface area contributed by atoms with Gasteiger partial charge in [0.25, 0.3) is 5.91 Å². The Hall–Kier alpha value is -1.23. The summed E-state index contributed by atoms with van der Waals surface area (Å²) in [6, 6.07) is 3.61. The molecule has 0 bridgehead atoms. The lowest BCUT2D eigenvalue weighted by Crippen LogP contribution is -2.23. The SMILES string of the molecule is CSc1cc(OC2CC2)cc(C(=O)N(C)C)n1. The quantitative estimate of drug-likeness (QED) is 0.769. The molecular formula is C12H16N2O2S. The van der Waals surface area contributed by atoms with Gasteiger partial charge in [0.1, 0.15) is 16.5 Å². The van der Waals surface area contributed by atoms with Gasteiger partial charge in [-0.2, -0.15) is 0 Å². The fraction of sp³-hybridized carbons (Fsp3) is 0.500. The number of nitrogens with zero attached hydrogens (tertiary/aromatic N) is 2. The van der Waals surface area contributed by atoms with Crippen LogP contribution in [0, 0.1) is 0 Å². The van der Waals surface area contributed by atoms with Gasteiger partial charge >= 0.3 is 0 Å². The summed E-state index contributed by atoms with van der Waals surface area (Å²) >= 11 is 1.51. The second-order valence-corrected chi connectivity index (χ2v) is 5.07. The van der Waals surface area contributed by atoms with Crippen LogP contribution in [0.4, 0.5) is 0 Å². The maximum atomic E-state index is 11.9. The maximum absolute atomic E-state index is 11.9. The minimum atomic E-state index is -0.0958. The molecule has 0 saturated heterocycles. The lowest BCUT2D eigenvalue weighted by molar-refractivity contribution is 0.0820. The van der Waals surface area contributed by atoms with Gasteiger partial charge in [-0.05, 0) is 19.1 Å². The molecule has 1 fully saturated rings. The standard InChI is InChI=1S/C12H16N2O2S/c1-14(2)12(15)10-6-9(16-8-4-5-8)7-11(13-10)17-3/h6-8H,4-5H2,1-3H3. The number of aromatic nitrogens is 1. The minimum Gasteiger partial charge on any atom is -0.490 e. The molecule has 0 radical (unpaired) electrons. The van der Waals surface area contributed by atoms with E-state index < -0.39 is 0 Å². The van der Waals surface area contributed by atoms with Gasteiger partial charge in [-0.15, -0.1) is 11.8 Å². The molecule has 0 N–H and O–H groups in total. The van der Waals surface area contributed by atoms with Crippen LogP contribution in [-0.4, -0.2) is 42.2 Å². The van der Waals surface area contributed by atoms with Crippen LogP contribution in [0.3, 0.4) is 0 Å². The zero-order chi connectivity index (χ0) is 12.4. The second-order valence-electron chi connectivity index (χ2n) is 4.25. The summed E-state index contributed by atoms with van der Waals surface area (Å²) in [6.07, 6.45) is 4.48. The summed E-state index contributed by atoms with van der Waals surface area (Å²) < 4.78 is 5.71. The normalized spacial score (nSPS) is 14.5. The monoisotopic (exact) mass is 252 g/mol. The van der Waals surface area contributed by atoms with E-state index in [1.807, 2.05) is 12.3 Å². The van der Waals surface area contributed by atoms with Crippen LogP contribution in [0.1, 0.15) is 23.3 Å². The van der Waals surface area contributed by atoms with Crippen molar-refractivity contribution in [3.8, 4) is 5.75 Å². The highest BCUT2D eigenvalue weighted by Gasteiger charge is 2.24. The number of hydrogen-bond donors (Lipinski definition) is 0. The van der Waals surface area contributed by atoms with Crippen molar-refractivity contribution in [3.63, 3.8) is 0 Å². The van der Waals surface area contributed by atoms with E-state index in [1.165, 1.54) is 16.7 Å². The molecular weight excluding hydrogens is 236 g/mol. The van der Waals surface area contributed by atoms with E-state index in [2.05, 4.69) is 4.98 Å². The zero-order valence-corrected chi connectivity index (χ0v) is 11.1. The molecule has 17 heavy (non-hydrogen) atoms. The second kappa shape index (κ2) is 4.96. The first-order valence-electron chi connectivity index (χ1n) is 5.54. The highest BCUT2D eigenvalue weighted by molar-refractivity contribution is 7.98. The number of rotatable bonds is 4. The Labute approximate surface area is 105 Å². The Morgan fingerprint density at radius 3 is 2.71 bits per heavy atom. The Kier molecular flexibility index (Phi) is 3.57. The third kappa shape index (κ3) is 3.12. The van der Waals surface area contributed by atoms with Crippen molar-refractivity contribution in [1.82, 2.24) is 9.88 Å². The van der Waals surface area contributed by atoms with E-state index in [4.69, 9.17) is 4.74 Å². The predicted molar refractivity (Wildman–Crippen MR) is 67.7 cm³/mol. The van der Waals surface area contributed by atoms with Crippen LogP contribution < -0.4 is 4.74 Å². The van der Waals surface area contributed by atoms with Crippen molar-refractivity contribution in [3.05, 3.63) is 17.8 Å². The molecule has 0 aliphatic heterocycles. The molecule has 0 atom stereocenters. The third-order valence-corrected chi connectivity index (χ3v) is 3.06. The molecule has 1 aromatic rings. The van der Waals surface area contributed by atoms with Gasteiger partial charge in [-0.25, -0.2) is 4.98 Å². The summed E-state index contributed by atoms with van der Waals surface area (Å²) in [7, 11) is 3.44. The largest absolute Gasteiger partial charge is 0.490 e. The van der Waals surface area contributed by atoms with Crippen LogP contribution in [0.5, 0.6) is 5.75 Å². The minimum absolute atomic E-state index is 0.0958.